The molecule has 0 aliphatic rings. The molecule has 0 unspecified atom stereocenters. The Bertz CT molecular complexity index is 795. The second-order valence-corrected chi connectivity index (χ2v) is 4.34. The maximum absolute atomic E-state index is 10.7. The molecule has 0 N–H and O–H groups in total. The molecule has 0 atom stereocenters. The SMILES string of the molecule is Cc1cc([N+](=O)[O-])ccc1Oc1ccnn2cccc12. The third-order valence-electron chi connectivity index (χ3n) is 2.99. The Labute approximate surface area is 114 Å². The van der Waals surface area contributed by atoms with Crippen LogP contribution in [0.4, 0.5) is 5.69 Å². The van der Waals surface area contributed by atoms with Crippen molar-refractivity contribution in [3.63, 3.8) is 0 Å². The zero-order valence-electron chi connectivity index (χ0n) is 10.7. The number of aryl methyl sites for hydroxylation is 1. The molecular formula is C14H11N3O3. The van der Waals surface area contributed by atoms with Crippen LogP contribution in [0.5, 0.6) is 11.5 Å². The maximum atomic E-state index is 10.7. The molecule has 0 fully saturated rings. The Morgan fingerprint density at radius 3 is 2.85 bits per heavy atom. The minimum Gasteiger partial charge on any atom is -0.455 e. The first kappa shape index (κ1) is 12.2. The van der Waals surface area contributed by atoms with Crippen LogP contribution in [0, 0.1) is 17.0 Å². The Morgan fingerprint density at radius 1 is 1.25 bits per heavy atom. The molecule has 3 aromatic rings. The Balaban J connectivity index is 1.99. The van der Waals surface area contributed by atoms with Gasteiger partial charge in [-0.3, -0.25) is 10.1 Å². The van der Waals surface area contributed by atoms with Gasteiger partial charge in [0, 0.05) is 24.4 Å². The number of benzene rings is 1. The summed E-state index contributed by atoms with van der Waals surface area (Å²) in [6.45, 7) is 1.78. The number of fused-ring (bicyclic) bond motifs is 1. The number of non-ortho nitro benzene ring substituents is 1. The molecule has 0 aliphatic heterocycles. The van der Waals surface area contributed by atoms with Crippen LogP contribution in [0.3, 0.4) is 0 Å². The number of hydrogen-bond acceptors (Lipinski definition) is 4. The van der Waals surface area contributed by atoms with E-state index >= 15 is 0 Å². The van der Waals surface area contributed by atoms with Gasteiger partial charge in [-0.2, -0.15) is 5.10 Å². The van der Waals surface area contributed by atoms with E-state index in [1.807, 2.05) is 18.3 Å². The van der Waals surface area contributed by atoms with E-state index in [9.17, 15) is 10.1 Å². The van der Waals surface area contributed by atoms with Crippen LogP contribution < -0.4 is 4.74 Å². The van der Waals surface area contributed by atoms with Crippen molar-refractivity contribution in [1.29, 1.82) is 0 Å². The zero-order valence-corrected chi connectivity index (χ0v) is 10.7. The molecule has 0 bridgehead atoms. The second-order valence-electron chi connectivity index (χ2n) is 4.34. The highest BCUT2D eigenvalue weighted by atomic mass is 16.6. The average Bonchev–Trinajstić information content (AvgIpc) is 2.90. The topological polar surface area (TPSA) is 69.7 Å². The molecule has 20 heavy (non-hydrogen) atoms. The third kappa shape index (κ3) is 2.07. The predicted octanol–water partition coefficient (Wildman–Crippen LogP) is 3.34. The van der Waals surface area contributed by atoms with E-state index in [0.29, 0.717) is 17.1 Å². The van der Waals surface area contributed by atoms with Gasteiger partial charge in [-0.05, 0) is 30.7 Å². The predicted molar refractivity (Wildman–Crippen MR) is 73.1 cm³/mol. The van der Waals surface area contributed by atoms with Crippen molar-refractivity contribution in [3.8, 4) is 11.5 Å². The molecule has 0 aliphatic carbocycles. The molecule has 0 spiro atoms. The zero-order chi connectivity index (χ0) is 14.1. The molecule has 2 aromatic heterocycles. The average molecular weight is 269 g/mol. The molecule has 2 heterocycles. The van der Waals surface area contributed by atoms with Crippen molar-refractivity contribution in [2.75, 3.05) is 0 Å². The van der Waals surface area contributed by atoms with E-state index in [0.717, 1.165) is 5.52 Å². The molecule has 100 valence electrons. The molecule has 0 saturated heterocycles. The summed E-state index contributed by atoms with van der Waals surface area (Å²) in [5, 5.41) is 14.9. The molecule has 6 nitrogen and oxygen atoms in total. The molecule has 0 radical (unpaired) electrons. The van der Waals surface area contributed by atoms with Crippen molar-refractivity contribution in [3.05, 3.63) is 64.5 Å². The summed E-state index contributed by atoms with van der Waals surface area (Å²) in [6, 6.07) is 10.1. The summed E-state index contributed by atoms with van der Waals surface area (Å²) in [5.74, 6) is 1.24. The third-order valence-corrected chi connectivity index (χ3v) is 2.99. The van der Waals surface area contributed by atoms with Gasteiger partial charge in [-0.1, -0.05) is 0 Å². The van der Waals surface area contributed by atoms with E-state index in [2.05, 4.69) is 5.10 Å². The molecule has 1 aromatic carbocycles. The van der Waals surface area contributed by atoms with Gasteiger partial charge in [0.05, 0.1) is 11.1 Å². The van der Waals surface area contributed by atoms with Crippen molar-refractivity contribution in [2.24, 2.45) is 0 Å². The number of rotatable bonds is 3. The number of ether oxygens (including phenoxy) is 1. The van der Waals surface area contributed by atoms with Crippen molar-refractivity contribution in [1.82, 2.24) is 9.61 Å². The lowest BCUT2D eigenvalue weighted by Crippen LogP contribution is -1.94. The summed E-state index contributed by atoms with van der Waals surface area (Å²) in [7, 11) is 0. The fourth-order valence-corrected chi connectivity index (χ4v) is 1.99. The summed E-state index contributed by atoms with van der Waals surface area (Å²) in [4.78, 5) is 10.3. The van der Waals surface area contributed by atoms with E-state index in [-0.39, 0.29) is 5.69 Å². The van der Waals surface area contributed by atoms with Crippen LogP contribution in [-0.2, 0) is 0 Å². The molecule has 6 heteroatoms. The van der Waals surface area contributed by atoms with Gasteiger partial charge in [0.15, 0.2) is 5.75 Å². The molecule has 3 rings (SSSR count). The Morgan fingerprint density at radius 2 is 2.10 bits per heavy atom. The lowest BCUT2D eigenvalue weighted by molar-refractivity contribution is -0.384. The van der Waals surface area contributed by atoms with Crippen LogP contribution >= 0.6 is 0 Å². The number of hydrogen-bond donors (Lipinski definition) is 0. The van der Waals surface area contributed by atoms with E-state index in [4.69, 9.17) is 4.74 Å². The fourth-order valence-electron chi connectivity index (χ4n) is 1.99. The normalized spacial score (nSPS) is 10.7. The molecule has 0 amide bonds. The lowest BCUT2D eigenvalue weighted by atomic mass is 10.2. The van der Waals surface area contributed by atoms with E-state index in [1.165, 1.54) is 12.1 Å². The molecule has 0 saturated carbocycles. The smallest absolute Gasteiger partial charge is 0.269 e. The van der Waals surface area contributed by atoms with Gasteiger partial charge in [0.25, 0.3) is 5.69 Å². The molecular weight excluding hydrogens is 258 g/mol. The standard InChI is InChI=1S/C14H11N3O3/c1-10-9-11(17(18)19)4-5-13(10)20-14-6-7-15-16-8-2-3-12(14)16/h2-9H,1H3. The van der Waals surface area contributed by atoms with E-state index in [1.54, 1.807) is 29.8 Å². The second kappa shape index (κ2) is 4.65. The monoisotopic (exact) mass is 269 g/mol. The number of nitro benzene ring substituents is 1. The maximum Gasteiger partial charge on any atom is 0.269 e. The van der Waals surface area contributed by atoms with Gasteiger partial charge < -0.3 is 4.74 Å². The van der Waals surface area contributed by atoms with Gasteiger partial charge in [0.2, 0.25) is 0 Å². The minimum absolute atomic E-state index is 0.0532. The highest BCUT2D eigenvalue weighted by molar-refractivity contribution is 5.60. The lowest BCUT2D eigenvalue weighted by Gasteiger charge is -2.09. The van der Waals surface area contributed by atoms with Crippen molar-refractivity contribution < 1.29 is 9.66 Å². The fraction of sp³-hybridized carbons (Fsp3) is 0.0714. The first-order valence-corrected chi connectivity index (χ1v) is 6.00. The Hall–Kier alpha value is -2.89. The summed E-state index contributed by atoms with van der Waals surface area (Å²) >= 11 is 0. The van der Waals surface area contributed by atoms with Gasteiger partial charge in [-0.25, -0.2) is 4.52 Å². The van der Waals surface area contributed by atoms with Crippen LogP contribution in [0.1, 0.15) is 5.56 Å². The summed E-state index contributed by atoms with van der Waals surface area (Å²) < 4.78 is 7.54. The van der Waals surface area contributed by atoms with E-state index < -0.39 is 4.92 Å². The first-order chi connectivity index (χ1) is 9.65. The summed E-state index contributed by atoms with van der Waals surface area (Å²) in [6.07, 6.45) is 3.47. The van der Waals surface area contributed by atoms with Gasteiger partial charge >= 0.3 is 0 Å². The van der Waals surface area contributed by atoms with Gasteiger partial charge in [0.1, 0.15) is 11.3 Å². The number of nitrogens with zero attached hydrogens (tertiary/aromatic N) is 3. The van der Waals surface area contributed by atoms with Gasteiger partial charge in [-0.15, -0.1) is 0 Å². The highest BCUT2D eigenvalue weighted by Crippen LogP contribution is 2.30. The Kier molecular flexibility index (Phi) is 2.83. The van der Waals surface area contributed by atoms with Crippen LogP contribution in [-0.4, -0.2) is 14.5 Å². The number of aromatic nitrogens is 2. The van der Waals surface area contributed by atoms with Crippen molar-refractivity contribution in [2.45, 2.75) is 6.92 Å². The number of nitro groups is 1. The summed E-state index contributed by atoms with van der Waals surface area (Å²) in [5.41, 5.74) is 1.60. The first-order valence-electron chi connectivity index (χ1n) is 6.00. The highest BCUT2D eigenvalue weighted by Gasteiger charge is 2.11. The van der Waals surface area contributed by atoms with Crippen LogP contribution in [0.2, 0.25) is 0 Å². The van der Waals surface area contributed by atoms with Crippen LogP contribution in [0.15, 0.2) is 48.8 Å². The minimum atomic E-state index is -0.422. The quantitative estimate of drug-likeness (QED) is 0.540. The van der Waals surface area contributed by atoms with Crippen molar-refractivity contribution >= 4 is 11.2 Å². The largest absolute Gasteiger partial charge is 0.455 e. The van der Waals surface area contributed by atoms with Crippen LogP contribution in [0.25, 0.3) is 5.52 Å².